The van der Waals surface area contributed by atoms with Crippen LogP contribution in [0.3, 0.4) is 0 Å². The summed E-state index contributed by atoms with van der Waals surface area (Å²) in [4.78, 5) is 8.71. The van der Waals surface area contributed by atoms with Crippen molar-refractivity contribution < 1.29 is 18.9 Å². The summed E-state index contributed by atoms with van der Waals surface area (Å²) in [7, 11) is -4.11. The van der Waals surface area contributed by atoms with Gasteiger partial charge in [0.2, 0.25) is 5.95 Å². The summed E-state index contributed by atoms with van der Waals surface area (Å²) in [5.41, 5.74) is 0.638. The van der Waals surface area contributed by atoms with Crippen molar-refractivity contribution >= 4 is 50.0 Å². The molecule has 2 atom stereocenters. The lowest BCUT2D eigenvalue weighted by atomic mass is 9.79. The van der Waals surface area contributed by atoms with Gasteiger partial charge in [0.15, 0.2) is 14.1 Å². The fourth-order valence-corrected chi connectivity index (χ4v) is 4.92. The van der Waals surface area contributed by atoms with Gasteiger partial charge in [0.05, 0.1) is 24.8 Å². The summed E-state index contributed by atoms with van der Waals surface area (Å²) in [5.74, 6) is -0.346. The smallest absolute Gasteiger partial charge is 0.423 e. The van der Waals surface area contributed by atoms with Gasteiger partial charge >= 0.3 is 7.12 Å². The van der Waals surface area contributed by atoms with E-state index in [1.165, 1.54) is 18.3 Å². The quantitative estimate of drug-likeness (QED) is 0.360. The number of nitrogens with one attached hydrogen (secondary N) is 2. The van der Waals surface area contributed by atoms with Crippen molar-refractivity contribution in [1.82, 2.24) is 9.97 Å². The van der Waals surface area contributed by atoms with E-state index in [1.807, 2.05) is 0 Å². The van der Waals surface area contributed by atoms with Crippen molar-refractivity contribution in [3.63, 3.8) is 0 Å². The Balaban J connectivity index is 1.90. The summed E-state index contributed by atoms with van der Waals surface area (Å²) >= 11 is 6.33. The molecule has 0 saturated heterocycles. The third-order valence-corrected chi connectivity index (χ3v) is 11.9. The van der Waals surface area contributed by atoms with Crippen LogP contribution in [0.2, 0.25) is 23.2 Å². The molecule has 1 fully saturated rings. The fraction of sp³-hybridized carbons (Fsp3) is 0.542. The maximum atomic E-state index is 14.7. The highest BCUT2D eigenvalue weighted by atomic mass is 35.5. The number of hydrogen-bond acceptors (Lipinski definition) is 8. The molecular formula is C24H34BClFN5O3Si. The van der Waals surface area contributed by atoms with E-state index in [-0.39, 0.29) is 35.0 Å². The third-order valence-electron chi connectivity index (χ3n) is 7.14. The molecule has 4 N–H and O–H groups in total. The Morgan fingerprint density at radius 1 is 1.28 bits per heavy atom. The van der Waals surface area contributed by atoms with E-state index in [0.717, 1.165) is 25.7 Å². The van der Waals surface area contributed by atoms with Gasteiger partial charge in [-0.05, 0) is 42.6 Å². The SMILES string of the molecule is CC(C)(C)[Si](C)(C)OCc1cc(B(O)O)c(F)cc1Nc1ncc(Cl)c(NC2CCCCC2C#N)n1. The topological polar surface area (TPSA) is 123 Å². The lowest BCUT2D eigenvalue weighted by Crippen LogP contribution is -2.40. The molecule has 0 aliphatic heterocycles. The van der Waals surface area contributed by atoms with E-state index in [2.05, 4.69) is 60.5 Å². The van der Waals surface area contributed by atoms with Gasteiger partial charge in [-0.2, -0.15) is 10.2 Å². The van der Waals surface area contributed by atoms with E-state index in [1.54, 1.807) is 0 Å². The standard InChI is InChI=1S/C24H34BClFN5O3Si/c1-24(2,3)36(4,5)35-14-16-10-17(25(33)34)19(27)11-21(16)31-23-29-13-18(26)22(32-23)30-20-9-7-6-8-15(20)12-28/h10-11,13,15,20,33-34H,6-9,14H2,1-5H3,(H2,29,30,31,32). The molecule has 3 rings (SSSR count). The number of nitrogens with zero attached hydrogens (tertiary/aromatic N) is 3. The number of nitriles is 1. The van der Waals surface area contributed by atoms with Crippen LogP contribution in [0.5, 0.6) is 0 Å². The highest BCUT2D eigenvalue weighted by molar-refractivity contribution is 6.74. The van der Waals surface area contributed by atoms with Gasteiger partial charge in [0.25, 0.3) is 0 Å². The first-order valence-electron chi connectivity index (χ1n) is 12.1. The van der Waals surface area contributed by atoms with E-state index < -0.39 is 21.3 Å². The normalized spacial score (nSPS) is 18.4. The average Bonchev–Trinajstić information content (AvgIpc) is 2.80. The Kier molecular flexibility index (Phi) is 9.01. The molecule has 0 bridgehead atoms. The van der Waals surface area contributed by atoms with Gasteiger partial charge in [-0.15, -0.1) is 0 Å². The highest BCUT2D eigenvalue weighted by Crippen LogP contribution is 2.37. The van der Waals surface area contributed by atoms with Gasteiger partial charge in [0, 0.05) is 17.2 Å². The second-order valence-electron chi connectivity index (χ2n) is 10.7. The van der Waals surface area contributed by atoms with Crippen LogP contribution in [-0.4, -0.2) is 41.5 Å². The predicted octanol–water partition coefficient (Wildman–Crippen LogP) is 4.71. The van der Waals surface area contributed by atoms with Crippen molar-refractivity contribution in [2.75, 3.05) is 10.6 Å². The van der Waals surface area contributed by atoms with Crippen molar-refractivity contribution in [3.8, 4) is 6.07 Å². The molecule has 12 heteroatoms. The lowest BCUT2D eigenvalue weighted by molar-refractivity contribution is 0.277. The summed E-state index contributed by atoms with van der Waals surface area (Å²) in [6.45, 7) is 10.7. The monoisotopic (exact) mass is 533 g/mol. The van der Waals surface area contributed by atoms with Crippen LogP contribution in [0.25, 0.3) is 0 Å². The molecule has 0 amide bonds. The lowest BCUT2D eigenvalue weighted by Gasteiger charge is -2.36. The minimum atomic E-state index is -2.14. The van der Waals surface area contributed by atoms with Crippen molar-refractivity contribution in [3.05, 3.63) is 34.7 Å². The first-order valence-corrected chi connectivity index (χ1v) is 15.4. The van der Waals surface area contributed by atoms with Crippen LogP contribution < -0.4 is 16.1 Å². The molecule has 1 saturated carbocycles. The van der Waals surface area contributed by atoms with Gasteiger partial charge in [-0.25, -0.2) is 9.37 Å². The largest absolute Gasteiger partial charge is 0.491 e. The Hall–Kier alpha value is -2.23. The molecule has 1 aromatic carbocycles. The summed E-state index contributed by atoms with van der Waals surface area (Å²) in [6.07, 6.45) is 5.14. The molecular weight excluding hydrogens is 500 g/mol. The van der Waals surface area contributed by atoms with Crippen molar-refractivity contribution in [2.24, 2.45) is 5.92 Å². The minimum absolute atomic E-state index is 0.0415. The summed E-state index contributed by atoms with van der Waals surface area (Å²) < 4.78 is 21.0. The second-order valence-corrected chi connectivity index (χ2v) is 16.0. The minimum Gasteiger partial charge on any atom is -0.423 e. The number of benzene rings is 1. The molecule has 1 aromatic heterocycles. The van der Waals surface area contributed by atoms with Gasteiger partial charge < -0.3 is 25.1 Å². The molecule has 0 spiro atoms. The van der Waals surface area contributed by atoms with E-state index in [0.29, 0.717) is 22.1 Å². The third kappa shape index (κ3) is 6.75. The van der Waals surface area contributed by atoms with Crippen LogP contribution >= 0.6 is 11.6 Å². The van der Waals surface area contributed by atoms with E-state index >= 15 is 0 Å². The van der Waals surface area contributed by atoms with Crippen LogP contribution in [0.4, 0.5) is 21.8 Å². The average molecular weight is 534 g/mol. The van der Waals surface area contributed by atoms with Crippen molar-refractivity contribution in [1.29, 1.82) is 5.26 Å². The first kappa shape index (κ1) is 28.3. The number of halogens is 2. The maximum Gasteiger partial charge on any atom is 0.491 e. The van der Waals surface area contributed by atoms with Gasteiger partial charge in [-0.1, -0.05) is 51.3 Å². The van der Waals surface area contributed by atoms with Crippen LogP contribution in [0.1, 0.15) is 52.0 Å². The maximum absolute atomic E-state index is 14.7. The van der Waals surface area contributed by atoms with Crippen LogP contribution in [0, 0.1) is 23.1 Å². The zero-order valence-electron chi connectivity index (χ0n) is 21.4. The molecule has 8 nitrogen and oxygen atoms in total. The molecule has 194 valence electrons. The Labute approximate surface area is 218 Å². The molecule has 0 radical (unpaired) electrons. The Morgan fingerprint density at radius 2 is 1.97 bits per heavy atom. The highest BCUT2D eigenvalue weighted by Gasteiger charge is 2.37. The fourth-order valence-electron chi connectivity index (χ4n) is 3.83. The molecule has 36 heavy (non-hydrogen) atoms. The van der Waals surface area contributed by atoms with Crippen LogP contribution in [-0.2, 0) is 11.0 Å². The second kappa shape index (κ2) is 11.4. The van der Waals surface area contributed by atoms with Crippen LogP contribution in [0.15, 0.2) is 18.3 Å². The molecule has 1 aliphatic rings. The van der Waals surface area contributed by atoms with Gasteiger partial charge in [0.1, 0.15) is 10.8 Å². The summed E-state index contributed by atoms with van der Waals surface area (Å²) in [6, 6.07) is 4.84. The molecule has 2 unspecified atom stereocenters. The number of anilines is 3. The first-order chi connectivity index (χ1) is 16.8. The van der Waals surface area contributed by atoms with Crippen molar-refractivity contribution in [2.45, 2.75) is 77.2 Å². The van der Waals surface area contributed by atoms with E-state index in [9.17, 15) is 19.7 Å². The van der Waals surface area contributed by atoms with E-state index in [4.69, 9.17) is 16.0 Å². The Morgan fingerprint density at radius 3 is 2.61 bits per heavy atom. The Bertz CT molecular complexity index is 1130. The molecule has 1 aliphatic carbocycles. The predicted molar refractivity (Wildman–Crippen MR) is 144 cm³/mol. The molecule has 1 heterocycles. The van der Waals surface area contributed by atoms with Gasteiger partial charge in [-0.3, -0.25) is 0 Å². The number of rotatable bonds is 8. The number of aromatic nitrogens is 2. The zero-order chi connectivity index (χ0) is 26.7. The number of hydrogen-bond donors (Lipinski definition) is 4. The molecule has 2 aromatic rings. The summed E-state index contributed by atoms with van der Waals surface area (Å²) in [5, 5.41) is 35.3. The zero-order valence-corrected chi connectivity index (χ0v) is 23.2.